The minimum absolute atomic E-state index is 0.531. The van der Waals surface area contributed by atoms with Crippen LogP contribution in [0.4, 0.5) is 0 Å². The van der Waals surface area contributed by atoms with Crippen LogP contribution >= 0.6 is 0 Å². The third-order valence-corrected chi connectivity index (χ3v) is 3.70. The van der Waals surface area contributed by atoms with Gasteiger partial charge < -0.3 is 0 Å². The third kappa shape index (κ3) is 3.64. The van der Waals surface area contributed by atoms with Crippen LogP contribution in [-0.2, 0) is 0 Å². The molecule has 0 aromatic carbocycles. The van der Waals surface area contributed by atoms with Gasteiger partial charge in [0.15, 0.2) is 0 Å². The Kier molecular flexibility index (Phi) is 4.97. The zero-order valence-electron chi connectivity index (χ0n) is 9.78. The van der Waals surface area contributed by atoms with E-state index in [2.05, 4.69) is 41.4 Å². The summed E-state index contributed by atoms with van der Waals surface area (Å²) in [6.45, 7) is 15.0. The molecule has 0 aliphatic heterocycles. The van der Waals surface area contributed by atoms with Crippen LogP contribution in [-0.4, -0.2) is 6.71 Å². The van der Waals surface area contributed by atoms with Gasteiger partial charge in [0.25, 0.3) is 0 Å². The largest absolute Gasteiger partial charge is 0.136 e. The molecule has 0 spiro atoms. The lowest BCUT2D eigenvalue weighted by Crippen LogP contribution is -2.24. The molecular formula is C11H25B. The lowest BCUT2D eigenvalue weighted by molar-refractivity contribution is 0.239. The molecule has 0 saturated heterocycles. The molecule has 0 N–H and O–H groups in total. The van der Waals surface area contributed by atoms with Gasteiger partial charge in [-0.15, -0.1) is 0 Å². The Morgan fingerprint density at radius 2 is 1.75 bits per heavy atom. The van der Waals surface area contributed by atoms with Crippen molar-refractivity contribution < 1.29 is 0 Å². The lowest BCUT2D eigenvalue weighted by Gasteiger charge is -2.31. The molecule has 0 radical (unpaired) electrons. The van der Waals surface area contributed by atoms with E-state index >= 15 is 0 Å². The van der Waals surface area contributed by atoms with Gasteiger partial charge in [-0.2, -0.15) is 0 Å². The quantitative estimate of drug-likeness (QED) is 0.539. The fourth-order valence-corrected chi connectivity index (χ4v) is 1.44. The Labute approximate surface area is 79.2 Å². The van der Waals surface area contributed by atoms with Gasteiger partial charge in [-0.1, -0.05) is 60.5 Å². The summed E-state index contributed by atoms with van der Waals surface area (Å²) in [6.07, 6.45) is 4.01. The van der Waals surface area contributed by atoms with Gasteiger partial charge >= 0.3 is 0 Å². The summed E-state index contributed by atoms with van der Waals surface area (Å²) < 4.78 is 0. The third-order valence-electron chi connectivity index (χ3n) is 3.70. The van der Waals surface area contributed by atoms with E-state index in [4.69, 9.17) is 0 Å². The van der Waals surface area contributed by atoms with Crippen LogP contribution in [0.1, 0.15) is 41.0 Å². The van der Waals surface area contributed by atoms with Gasteiger partial charge in [0, 0.05) is 0 Å². The number of hydrogen-bond donors (Lipinski definition) is 0. The summed E-state index contributed by atoms with van der Waals surface area (Å²) in [5.41, 5.74) is 0.531. The Bertz CT molecular complexity index is 118. The number of hydrogen-bond acceptors (Lipinski definition) is 0. The van der Waals surface area contributed by atoms with Gasteiger partial charge in [-0.05, 0) is 11.3 Å². The average molecular weight is 168 g/mol. The molecule has 0 aromatic rings. The van der Waals surface area contributed by atoms with Crippen molar-refractivity contribution in [1.29, 1.82) is 0 Å². The van der Waals surface area contributed by atoms with Crippen LogP contribution in [0.3, 0.4) is 0 Å². The highest BCUT2D eigenvalue weighted by Gasteiger charge is 2.25. The molecule has 0 bridgehead atoms. The lowest BCUT2D eigenvalue weighted by atomic mass is 9.44. The molecule has 0 aromatic heterocycles. The molecule has 1 heteroatoms. The van der Waals surface area contributed by atoms with Crippen LogP contribution in [0.25, 0.3) is 0 Å². The van der Waals surface area contributed by atoms with Crippen molar-refractivity contribution in [1.82, 2.24) is 0 Å². The van der Waals surface area contributed by atoms with Crippen LogP contribution in [0, 0.1) is 11.3 Å². The summed E-state index contributed by atoms with van der Waals surface area (Å²) >= 11 is 0. The standard InChI is InChI=1S/C11H25B/c1-7-11(4,5)10(3)9-12(6)8-2/h10H,7-9H2,1-6H3. The monoisotopic (exact) mass is 168 g/mol. The second kappa shape index (κ2) is 4.94. The smallest absolute Gasteiger partial charge is 0.0861 e. The first-order valence-corrected chi connectivity index (χ1v) is 5.44. The van der Waals surface area contributed by atoms with Crippen LogP contribution in [0.15, 0.2) is 0 Å². The minimum Gasteiger partial charge on any atom is -0.0861 e. The zero-order chi connectivity index (χ0) is 9.78. The van der Waals surface area contributed by atoms with E-state index in [0.29, 0.717) is 5.41 Å². The fourth-order valence-electron chi connectivity index (χ4n) is 1.44. The highest BCUT2D eigenvalue weighted by Crippen LogP contribution is 2.33. The van der Waals surface area contributed by atoms with E-state index in [1.165, 1.54) is 19.1 Å². The summed E-state index contributed by atoms with van der Waals surface area (Å²) in [5.74, 6) is 0.859. The highest BCUT2D eigenvalue weighted by atomic mass is 14.3. The predicted octanol–water partition coefficient (Wildman–Crippen LogP) is 4.20. The Morgan fingerprint density at radius 1 is 1.25 bits per heavy atom. The first kappa shape index (κ1) is 12.1. The molecule has 0 fully saturated rings. The summed E-state index contributed by atoms with van der Waals surface area (Å²) in [7, 11) is 0. The SMILES string of the molecule is CCB(C)CC(C)C(C)(C)CC. The van der Waals surface area contributed by atoms with Crippen molar-refractivity contribution in [2.75, 3.05) is 0 Å². The van der Waals surface area contributed by atoms with Gasteiger partial charge in [-0.3, -0.25) is 0 Å². The first-order chi connectivity index (χ1) is 5.44. The highest BCUT2D eigenvalue weighted by molar-refractivity contribution is 6.57. The van der Waals surface area contributed by atoms with E-state index in [0.717, 1.165) is 12.6 Å². The van der Waals surface area contributed by atoms with E-state index in [1.807, 2.05) is 0 Å². The maximum atomic E-state index is 2.40. The van der Waals surface area contributed by atoms with Crippen LogP contribution in [0.5, 0.6) is 0 Å². The molecule has 1 atom stereocenters. The van der Waals surface area contributed by atoms with Gasteiger partial charge in [-0.25, -0.2) is 0 Å². The fraction of sp³-hybridized carbons (Fsp3) is 1.00. The van der Waals surface area contributed by atoms with Gasteiger partial charge in [0.2, 0.25) is 0 Å². The second-order valence-corrected chi connectivity index (χ2v) is 4.99. The molecule has 1 unspecified atom stereocenters. The Balaban J connectivity index is 3.93. The Hall–Kier alpha value is 0.0649. The summed E-state index contributed by atoms with van der Waals surface area (Å²) in [4.78, 5) is 0. The number of rotatable bonds is 5. The first-order valence-electron chi connectivity index (χ1n) is 5.44. The van der Waals surface area contributed by atoms with Crippen molar-refractivity contribution in [2.45, 2.75) is 60.5 Å². The predicted molar refractivity (Wildman–Crippen MR) is 60.1 cm³/mol. The van der Waals surface area contributed by atoms with Crippen molar-refractivity contribution in [3.8, 4) is 0 Å². The van der Waals surface area contributed by atoms with Crippen LogP contribution < -0.4 is 0 Å². The normalized spacial score (nSPS) is 14.5. The summed E-state index contributed by atoms with van der Waals surface area (Å²) in [5, 5.41) is 0. The minimum atomic E-state index is 0.531. The van der Waals surface area contributed by atoms with E-state index in [-0.39, 0.29) is 0 Å². The summed E-state index contributed by atoms with van der Waals surface area (Å²) in [6, 6.07) is 0. The average Bonchev–Trinajstić information content (AvgIpc) is 2.04. The molecule has 0 amide bonds. The molecule has 0 aliphatic carbocycles. The van der Waals surface area contributed by atoms with Crippen molar-refractivity contribution >= 4 is 6.71 Å². The maximum Gasteiger partial charge on any atom is 0.136 e. The second-order valence-electron chi connectivity index (χ2n) is 4.99. The van der Waals surface area contributed by atoms with E-state index in [1.54, 1.807) is 0 Å². The molecular weight excluding hydrogens is 143 g/mol. The molecule has 12 heavy (non-hydrogen) atoms. The van der Waals surface area contributed by atoms with Crippen molar-refractivity contribution in [3.63, 3.8) is 0 Å². The maximum absolute atomic E-state index is 2.40. The zero-order valence-corrected chi connectivity index (χ0v) is 9.78. The van der Waals surface area contributed by atoms with Crippen molar-refractivity contribution in [3.05, 3.63) is 0 Å². The van der Waals surface area contributed by atoms with E-state index < -0.39 is 0 Å². The molecule has 0 nitrogen and oxygen atoms in total. The molecule has 0 aliphatic rings. The topological polar surface area (TPSA) is 0 Å². The molecule has 0 heterocycles. The van der Waals surface area contributed by atoms with Crippen LogP contribution in [0.2, 0.25) is 19.5 Å². The van der Waals surface area contributed by atoms with Gasteiger partial charge in [0.05, 0.1) is 0 Å². The Morgan fingerprint density at radius 3 is 2.08 bits per heavy atom. The molecule has 0 saturated carbocycles. The molecule has 72 valence electrons. The van der Waals surface area contributed by atoms with Gasteiger partial charge in [0.1, 0.15) is 6.71 Å². The van der Waals surface area contributed by atoms with E-state index in [9.17, 15) is 0 Å². The molecule has 0 rings (SSSR count). The van der Waals surface area contributed by atoms with Crippen molar-refractivity contribution in [2.24, 2.45) is 11.3 Å².